The van der Waals surface area contributed by atoms with Crippen molar-refractivity contribution in [2.24, 2.45) is 5.41 Å². The first kappa shape index (κ1) is 24.7. The summed E-state index contributed by atoms with van der Waals surface area (Å²) in [5.74, 6) is -2.38. The fourth-order valence-electron chi connectivity index (χ4n) is 4.12. The van der Waals surface area contributed by atoms with Crippen LogP contribution in [0.4, 0.5) is 13.2 Å². The molecule has 2 aromatic rings. The predicted octanol–water partition coefficient (Wildman–Crippen LogP) is 3.82. The van der Waals surface area contributed by atoms with Crippen LogP contribution >= 0.6 is 11.3 Å². The van der Waals surface area contributed by atoms with Crippen LogP contribution in [0, 0.1) is 5.41 Å². The van der Waals surface area contributed by atoms with Crippen LogP contribution in [0.2, 0.25) is 0 Å². The molecule has 178 valence electrons. The fraction of sp³-hybridized carbons (Fsp3) is 0.455. The van der Waals surface area contributed by atoms with Gasteiger partial charge in [-0.1, -0.05) is 0 Å². The number of carbonyl (C=O) groups is 3. The number of rotatable bonds is 3. The lowest BCUT2D eigenvalue weighted by atomic mass is 9.72. The maximum absolute atomic E-state index is 12.6. The molecule has 0 aliphatic carbocycles. The Bertz CT molecular complexity index is 959. The lowest BCUT2D eigenvalue weighted by molar-refractivity contribution is -0.192. The minimum absolute atomic E-state index is 0.140. The third-order valence-corrected chi connectivity index (χ3v) is 6.68. The van der Waals surface area contributed by atoms with Gasteiger partial charge in [-0.3, -0.25) is 14.6 Å². The average molecular weight is 484 g/mol. The van der Waals surface area contributed by atoms with Gasteiger partial charge in [0.15, 0.2) is 0 Å². The van der Waals surface area contributed by atoms with Gasteiger partial charge in [-0.15, -0.1) is 0 Å². The molecule has 1 spiro atoms. The van der Waals surface area contributed by atoms with E-state index in [4.69, 9.17) is 9.90 Å². The molecule has 0 atom stereocenters. The van der Waals surface area contributed by atoms with Crippen molar-refractivity contribution in [3.8, 4) is 0 Å². The van der Waals surface area contributed by atoms with Gasteiger partial charge < -0.3 is 14.9 Å². The summed E-state index contributed by atoms with van der Waals surface area (Å²) < 4.78 is 31.7. The molecule has 4 heterocycles. The van der Waals surface area contributed by atoms with Crippen LogP contribution < -0.4 is 0 Å². The number of alkyl halides is 3. The molecule has 0 aromatic carbocycles. The van der Waals surface area contributed by atoms with E-state index in [-0.39, 0.29) is 17.2 Å². The summed E-state index contributed by atoms with van der Waals surface area (Å²) in [6.07, 6.45) is 1.97. The van der Waals surface area contributed by atoms with Gasteiger partial charge in [0.05, 0.1) is 5.56 Å². The summed E-state index contributed by atoms with van der Waals surface area (Å²) in [5, 5.41) is 11.0. The minimum Gasteiger partial charge on any atom is -0.475 e. The van der Waals surface area contributed by atoms with Gasteiger partial charge in [0.25, 0.3) is 5.91 Å². The lowest BCUT2D eigenvalue weighted by Gasteiger charge is -2.47. The van der Waals surface area contributed by atoms with Gasteiger partial charge in [0.1, 0.15) is 0 Å². The number of pyridine rings is 1. The van der Waals surface area contributed by atoms with E-state index in [1.54, 1.807) is 23.7 Å². The van der Waals surface area contributed by atoms with Crippen molar-refractivity contribution in [2.45, 2.75) is 38.4 Å². The molecule has 2 amide bonds. The van der Waals surface area contributed by atoms with Crippen molar-refractivity contribution in [1.29, 1.82) is 0 Å². The maximum Gasteiger partial charge on any atom is 0.490 e. The summed E-state index contributed by atoms with van der Waals surface area (Å²) >= 11 is 1.56. The number of hydrogen-bond acceptors (Lipinski definition) is 5. The summed E-state index contributed by atoms with van der Waals surface area (Å²) in [6, 6.07) is 5.83. The molecule has 2 saturated heterocycles. The van der Waals surface area contributed by atoms with Crippen molar-refractivity contribution in [3.05, 3.63) is 52.5 Å². The second kappa shape index (κ2) is 10.3. The Morgan fingerprint density at radius 2 is 1.76 bits per heavy atom. The van der Waals surface area contributed by atoms with Crippen LogP contribution in [0.1, 0.15) is 41.6 Å². The van der Waals surface area contributed by atoms with Gasteiger partial charge >= 0.3 is 12.1 Å². The topological polar surface area (TPSA) is 90.8 Å². The van der Waals surface area contributed by atoms with Crippen LogP contribution in [0.3, 0.4) is 0 Å². The number of carboxylic acids is 1. The lowest BCUT2D eigenvalue weighted by Crippen LogP contribution is -2.52. The van der Waals surface area contributed by atoms with E-state index < -0.39 is 12.1 Å². The Balaban J connectivity index is 0.000000383. The number of amides is 2. The Hall–Kier alpha value is -2.95. The third-order valence-electron chi connectivity index (χ3n) is 5.99. The monoisotopic (exact) mass is 483 g/mol. The summed E-state index contributed by atoms with van der Waals surface area (Å²) in [7, 11) is 0. The van der Waals surface area contributed by atoms with E-state index in [2.05, 4.69) is 4.98 Å². The number of carboxylic acid groups (broad SMARTS) is 1. The molecule has 2 aliphatic heterocycles. The van der Waals surface area contributed by atoms with Gasteiger partial charge in [-0.25, -0.2) is 4.79 Å². The van der Waals surface area contributed by atoms with Crippen LogP contribution in [0.25, 0.3) is 0 Å². The largest absolute Gasteiger partial charge is 0.490 e. The third kappa shape index (κ3) is 6.53. The van der Waals surface area contributed by atoms with Crippen LogP contribution in [0.5, 0.6) is 0 Å². The molecule has 0 radical (unpaired) electrons. The highest BCUT2D eigenvalue weighted by molar-refractivity contribution is 7.08. The highest BCUT2D eigenvalue weighted by Crippen LogP contribution is 2.40. The number of halogens is 3. The molecule has 2 aromatic heterocycles. The highest BCUT2D eigenvalue weighted by atomic mass is 32.1. The number of thiophene rings is 1. The second-order valence-corrected chi connectivity index (χ2v) is 8.99. The molecule has 11 heteroatoms. The Morgan fingerprint density at radius 3 is 2.30 bits per heavy atom. The van der Waals surface area contributed by atoms with E-state index in [0.29, 0.717) is 13.0 Å². The Labute approximate surface area is 192 Å². The first-order chi connectivity index (χ1) is 15.6. The highest BCUT2D eigenvalue weighted by Gasteiger charge is 2.42. The van der Waals surface area contributed by atoms with E-state index >= 15 is 0 Å². The van der Waals surface area contributed by atoms with Crippen LogP contribution in [0.15, 0.2) is 41.4 Å². The van der Waals surface area contributed by atoms with Crippen molar-refractivity contribution in [1.82, 2.24) is 14.8 Å². The van der Waals surface area contributed by atoms with E-state index in [0.717, 1.165) is 50.0 Å². The van der Waals surface area contributed by atoms with E-state index in [9.17, 15) is 22.8 Å². The quantitative estimate of drug-likeness (QED) is 0.717. The standard InChI is InChI=1S/C20H23N3O2S.C2HF3O2/c24-18-1-5-20(15-23(18)13-16-2-8-21-9-3-16)6-10-22(11-7-20)19(25)17-4-12-26-14-17;3-2(4,5)1(6)7/h2-4,8-9,12,14H,1,5-7,10-11,13,15H2;(H,6,7). The zero-order valence-electron chi connectivity index (χ0n) is 17.8. The summed E-state index contributed by atoms with van der Waals surface area (Å²) in [4.78, 5) is 41.9. The van der Waals surface area contributed by atoms with Crippen molar-refractivity contribution >= 4 is 29.1 Å². The SMILES string of the molecule is O=C(O)C(F)(F)F.O=C1CCC2(CCN(C(=O)c3ccsc3)CC2)CN1Cc1ccncc1. The number of carbonyl (C=O) groups excluding carboxylic acids is 2. The molecule has 1 N–H and O–H groups in total. The van der Waals surface area contributed by atoms with Crippen LogP contribution in [-0.2, 0) is 16.1 Å². The molecule has 0 saturated carbocycles. The van der Waals surface area contributed by atoms with E-state index in [1.165, 1.54) is 0 Å². The Kier molecular flexibility index (Phi) is 7.72. The number of aromatic nitrogens is 1. The maximum atomic E-state index is 12.6. The molecule has 33 heavy (non-hydrogen) atoms. The predicted molar refractivity (Wildman–Crippen MR) is 114 cm³/mol. The molecule has 4 rings (SSSR count). The number of aliphatic carboxylic acids is 1. The van der Waals surface area contributed by atoms with E-state index in [1.807, 2.05) is 38.8 Å². The smallest absolute Gasteiger partial charge is 0.475 e. The molecule has 7 nitrogen and oxygen atoms in total. The first-order valence-corrected chi connectivity index (χ1v) is 11.3. The molecular weight excluding hydrogens is 459 g/mol. The number of piperidine rings is 2. The fourth-order valence-corrected chi connectivity index (χ4v) is 4.75. The van der Waals surface area contributed by atoms with Crippen molar-refractivity contribution in [2.75, 3.05) is 19.6 Å². The minimum atomic E-state index is -5.08. The zero-order chi connectivity index (χ0) is 24.1. The van der Waals surface area contributed by atoms with Crippen LogP contribution in [-0.4, -0.2) is 63.5 Å². The van der Waals surface area contributed by atoms with Gasteiger partial charge in [0, 0.05) is 50.4 Å². The normalized spacial score (nSPS) is 18.0. The van der Waals surface area contributed by atoms with Crippen molar-refractivity contribution in [3.63, 3.8) is 0 Å². The van der Waals surface area contributed by atoms with Gasteiger partial charge in [-0.05, 0) is 53.8 Å². The first-order valence-electron chi connectivity index (χ1n) is 10.4. The van der Waals surface area contributed by atoms with Crippen molar-refractivity contribution < 1.29 is 32.7 Å². The molecule has 0 bridgehead atoms. The summed E-state index contributed by atoms with van der Waals surface area (Å²) in [5.41, 5.74) is 2.08. The average Bonchev–Trinajstić information content (AvgIpc) is 3.32. The second-order valence-electron chi connectivity index (χ2n) is 8.21. The number of nitrogens with zero attached hydrogens (tertiary/aromatic N) is 3. The Morgan fingerprint density at radius 1 is 1.12 bits per heavy atom. The number of likely N-dealkylation sites (tertiary alicyclic amines) is 2. The molecule has 0 unspecified atom stereocenters. The molecule has 2 aliphatic rings. The molecular formula is C22H24F3N3O4S. The summed E-state index contributed by atoms with van der Waals surface area (Å²) in [6.45, 7) is 3.02. The molecule has 2 fully saturated rings. The zero-order valence-corrected chi connectivity index (χ0v) is 18.6. The van der Waals surface area contributed by atoms with Gasteiger partial charge in [0.2, 0.25) is 5.91 Å². The van der Waals surface area contributed by atoms with Gasteiger partial charge in [-0.2, -0.15) is 24.5 Å². The number of hydrogen-bond donors (Lipinski definition) is 1.